The summed E-state index contributed by atoms with van der Waals surface area (Å²) in [6.07, 6.45) is 16.6. The number of allylic oxidation sites excluding steroid dienone is 1. The molecule has 3 atom stereocenters. The third-order valence-electron chi connectivity index (χ3n) is 7.87. The van der Waals surface area contributed by atoms with Crippen molar-refractivity contribution in [2.45, 2.75) is 135 Å². The highest BCUT2D eigenvalue weighted by Gasteiger charge is 2.50. The number of aromatic hydroxyl groups is 1. The van der Waals surface area contributed by atoms with Crippen LogP contribution in [0.4, 0.5) is 0 Å². The van der Waals surface area contributed by atoms with Crippen molar-refractivity contribution in [2.75, 3.05) is 14.2 Å². The maximum atomic E-state index is 13.8. The molecule has 0 radical (unpaired) electrons. The Kier molecular flexibility index (Phi) is 20.3. The van der Waals surface area contributed by atoms with Gasteiger partial charge in [0.15, 0.2) is 5.60 Å². The number of phenolic OH excluding ortho intramolecular Hbond substituents is 1. The summed E-state index contributed by atoms with van der Waals surface area (Å²) in [6.45, 7) is 5.39. The number of nitrogens with one attached hydrogen (secondary N) is 1. The van der Waals surface area contributed by atoms with Crippen LogP contribution in [-0.4, -0.2) is 66.0 Å². The van der Waals surface area contributed by atoms with Crippen LogP contribution in [0.5, 0.6) is 5.75 Å². The maximum absolute atomic E-state index is 13.8. The number of methoxy groups -OCH3 is 2. The van der Waals surface area contributed by atoms with Crippen molar-refractivity contribution in [3.63, 3.8) is 0 Å². The monoisotopic (exact) mass is 647 g/mol. The molecule has 0 saturated carbocycles. The predicted molar refractivity (Wildman–Crippen MR) is 177 cm³/mol. The van der Waals surface area contributed by atoms with Crippen LogP contribution in [0.2, 0.25) is 0 Å². The Bertz CT molecular complexity index is 1070. The largest absolute Gasteiger partial charge is 0.508 e. The number of aliphatic hydroxyl groups is 1. The summed E-state index contributed by atoms with van der Waals surface area (Å²) in [5.41, 5.74) is -1.98. The average molecular weight is 648 g/mol. The number of amides is 1. The van der Waals surface area contributed by atoms with Crippen LogP contribution in [0.3, 0.4) is 0 Å². The highest BCUT2D eigenvalue weighted by molar-refractivity contribution is 5.95. The topological polar surface area (TPSA) is 148 Å². The van der Waals surface area contributed by atoms with E-state index in [0.717, 1.165) is 26.4 Å². The normalized spacial score (nSPS) is 14.0. The second-order valence-corrected chi connectivity index (χ2v) is 12.2. The van der Waals surface area contributed by atoms with Crippen LogP contribution < -0.4 is 5.32 Å². The SMILES string of the molecule is CCCCCCCCCCCCCC/C=C/[C@@H](C(=O)N[C@@H](Cc1ccc(O)cc1)C(=O)OC)[C@](O)(CC(=O)OC)C(=O)OC(C)C. The van der Waals surface area contributed by atoms with Crippen LogP contribution in [0.1, 0.15) is 116 Å². The maximum Gasteiger partial charge on any atom is 0.340 e. The first kappa shape index (κ1) is 40.6. The zero-order chi connectivity index (χ0) is 34.4. The lowest BCUT2D eigenvalue weighted by Gasteiger charge is -2.32. The summed E-state index contributed by atoms with van der Waals surface area (Å²) >= 11 is 0. The quantitative estimate of drug-likeness (QED) is 0.0524. The molecule has 0 unspecified atom stereocenters. The molecule has 1 amide bonds. The van der Waals surface area contributed by atoms with E-state index >= 15 is 0 Å². The molecule has 1 aromatic carbocycles. The lowest BCUT2D eigenvalue weighted by molar-refractivity contribution is -0.181. The van der Waals surface area contributed by atoms with Gasteiger partial charge in [0.25, 0.3) is 0 Å². The van der Waals surface area contributed by atoms with E-state index in [-0.39, 0.29) is 12.2 Å². The summed E-state index contributed by atoms with van der Waals surface area (Å²) in [5, 5.41) is 23.9. The Balaban J connectivity index is 3.01. The van der Waals surface area contributed by atoms with E-state index in [9.17, 15) is 29.4 Å². The molecule has 260 valence electrons. The van der Waals surface area contributed by atoms with E-state index in [1.54, 1.807) is 32.1 Å². The number of phenols is 1. The molecule has 0 aromatic heterocycles. The van der Waals surface area contributed by atoms with E-state index in [2.05, 4.69) is 12.2 Å². The molecule has 0 aliphatic carbocycles. The van der Waals surface area contributed by atoms with Crippen molar-refractivity contribution < 1.29 is 43.6 Å². The van der Waals surface area contributed by atoms with Crippen molar-refractivity contribution in [1.82, 2.24) is 5.32 Å². The van der Waals surface area contributed by atoms with Gasteiger partial charge in [-0.15, -0.1) is 0 Å². The van der Waals surface area contributed by atoms with Gasteiger partial charge in [-0.3, -0.25) is 9.59 Å². The Labute approximate surface area is 275 Å². The predicted octanol–water partition coefficient (Wildman–Crippen LogP) is 6.10. The van der Waals surface area contributed by atoms with Gasteiger partial charge < -0.3 is 29.7 Å². The average Bonchev–Trinajstić information content (AvgIpc) is 3.02. The second-order valence-electron chi connectivity index (χ2n) is 12.2. The summed E-state index contributed by atoms with van der Waals surface area (Å²) in [5.74, 6) is -5.23. The summed E-state index contributed by atoms with van der Waals surface area (Å²) in [7, 11) is 2.29. The Morgan fingerprint density at radius 3 is 1.89 bits per heavy atom. The van der Waals surface area contributed by atoms with Gasteiger partial charge in [0, 0.05) is 6.42 Å². The van der Waals surface area contributed by atoms with Gasteiger partial charge in [-0.05, 0) is 44.4 Å². The van der Waals surface area contributed by atoms with Crippen molar-refractivity contribution >= 4 is 23.8 Å². The minimum atomic E-state index is -2.60. The van der Waals surface area contributed by atoms with Gasteiger partial charge in [-0.25, -0.2) is 9.59 Å². The first-order chi connectivity index (χ1) is 22.0. The fourth-order valence-corrected chi connectivity index (χ4v) is 5.18. The molecular formula is C36H57NO9. The molecule has 0 aliphatic heterocycles. The zero-order valence-corrected chi connectivity index (χ0v) is 28.6. The van der Waals surface area contributed by atoms with E-state index in [4.69, 9.17) is 14.2 Å². The first-order valence-corrected chi connectivity index (χ1v) is 16.8. The molecule has 0 saturated heterocycles. The molecule has 0 aliphatic rings. The Morgan fingerprint density at radius 1 is 0.848 bits per heavy atom. The highest BCUT2D eigenvalue weighted by atomic mass is 16.6. The highest BCUT2D eigenvalue weighted by Crippen LogP contribution is 2.28. The van der Waals surface area contributed by atoms with Crippen molar-refractivity contribution in [2.24, 2.45) is 5.92 Å². The fourth-order valence-electron chi connectivity index (χ4n) is 5.18. The number of carbonyl (C=O) groups is 4. The minimum absolute atomic E-state index is 0.0137. The molecular weight excluding hydrogens is 590 g/mol. The molecule has 10 nitrogen and oxygen atoms in total. The second kappa shape index (κ2) is 23.0. The number of rotatable bonds is 24. The molecule has 0 spiro atoms. The lowest BCUT2D eigenvalue weighted by Crippen LogP contribution is -2.56. The van der Waals surface area contributed by atoms with Gasteiger partial charge in [0.05, 0.1) is 32.7 Å². The van der Waals surface area contributed by atoms with E-state index in [1.807, 2.05) is 0 Å². The number of benzene rings is 1. The molecule has 46 heavy (non-hydrogen) atoms. The Morgan fingerprint density at radius 2 is 1.39 bits per heavy atom. The standard InChI is InChI=1S/C36H57NO9/c1-6-7-8-9-10-11-12-13-14-15-16-17-18-19-20-30(36(43,26-32(39)44-4)35(42)46-27(2)3)33(40)37-31(34(41)45-5)25-28-21-23-29(38)24-22-28/h19-24,27,30-31,38,43H,6-18,25-26H2,1-5H3,(H,37,40)/b20-19+/t30-,31-,36+/m0/s1. The van der Waals surface area contributed by atoms with E-state index in [1.165, 1.54) is 83.1 Å². The van der Waals surface area contributed by atoms with Gasteiger partial charge in [-0.2, -0.15) is 0 Å². The number of hydrogen-bond donors (Lipinski definition) is 3. The molecule has 1 rings (SSSR count). The van der Waals surface area contributed by atoms with Gasteiger partial charge in [0.1, 0.15) is 11.8 Å². The molecule has 0 heterocycles. The number of carbonyl (C=O) groups excluding carboxylic acids is 4. The summed E-state index contributed by atoms with van der Waals surface area (Å²) in [4.78, 5) is 52.0. The van der Waals surface area contributed by atoms with Crippen molar-refractivity contribution in [3.05, 3.63) is 42.0 Å². The molecule has 0 bridgehead atoms. The van der Waals surface area contributed by atoms with E-state index in [0.29, 0.717) is 12.0 Å². The number of ether oxygens (including phenoxy) is 3. The van der Waals surface area contributed by atoms with Gasteiger partial charge in [-0.1, -0.05) is 102 Å². The third kappa shape index (κ3) is 15.7. The zero-order valence-electron chi connectivity index (χ0n) is 28.6. The van der Waals surface area contributed by atoms with E-state index < -0.39 is 53.9 Å². The van der Waals surface area contributed by atoms with Crippen molar-refractivity contribution in [3.8, 4) is 5.75 Å². The van der Waals surface area contributed by atoms with Gasteiger partial charge in [0.2, 0.25) is 5.91 Å². The van der Waals surface area contributed by atoms with Crippen LogP contribution in [-0.2, 0) is 39.8 Å². The Hall–Kier alpha value is -3.40. The van der Waals surface area contributed by atoms with Crippen LogP contribution >= 0.6 is 0 Å². The van der Waals surface area contributed by atoms with Crippen LogP contribution in [0.15, 0.2) is 36.4 Å². The molecule has 3 N–H and O–H groups in total. The van der Waals surface area contributed by atoms with Crippen LogP contribution in [0, 0.1) is 5.92 Å². The summed E-state index contributed by atoms with van der Waals surface area (Å²) < 4.78 is 14.9. The minimum Gasteiger partial charge on any atom is -0.508 e. The van der Waals surface area contributed by atoms with Crippen LogP contribution in [0.25, 0.3) is 0 Å². The van der Waals surface area contributed by atoms with Gasteiger partial charge >= 0.3 is 17.9 Å². The number of hydrogen-bond acceptors (Lipinski definition) is 9. The number of esters is 3. The number of unbranched alkanes of at least 4 members (excludes halogenated alkanes) is 12. The third-order valence-corrected chi connectivity index (χ3v) is 7.87. The molecule has 10 heteroatoms. The fraction of sp³-hybridized carbons (Fsp3) is 0.667. The smallest absolute Gasteiger partial charge is 0.340 e. The lowest BCUT2D eigenvalue weighted by atomic mass is 9.82. The first-order valence-electron chi connectivity index (χ1n) is 16.8. The summed E-state index contributed by atoms with van der Waals surface area (Å²) in [6, 6.07) is 4.90. The van der Waals surface area contributed by atoms with Crippen molar-refractivity contribution in [1.29, 1.82) is 0 Å². The molecule has 0 fully saturated rings. The molecule has 1 aromatic rings.